The van der Waals surface area contributed by atoms with Gasteiger partial charge in [-0.15, -0.1) is 0 Å². The highest BCUT2D eigenvalue weighted by Gasteiger charge is 2.04. The van der Waals surface area contributed by atoms with Crippen LogP contribution >= 0.6 is 0 Å². The first-order chi connectivity index (χ1) is 12.6. The predicted molar refractivity (Wildman–Crippen MR) is 94.7 cm³/mol. The molecule has 0 unspecified atom stereocenters. The zero-order valence-corrected chi connectivity index (χ0v) is 13.6. The van der Waals surface area contributed by atoms with Gasteiger partial charge in [-0.05, 0) is 60.7 Å². The van der Waals surface area contributed by atoms with E-state index in [1.807, 2.05) is 0 Å². The third-order valence-electron chi connectivity index (χ3n) is 3.43. The molecule has 2 N–H and O–H groups in total. The van der Waals surface area contributed by atoms with Gasteiger partial charge in [0.25, 0.3) is 5.91 Å². The molecule has 0 bridgehead atoms. The van der Waals surface area contributed by atoms with E-state index in [0.29, 0.717) is 17.2 Å². The SMILES string of the molecule is O=C(CNc1ccc(F)cc1)N/N=C\c1ccc(-c2ccc(F)cc2)o1. The number of amides is 1. The van der Waals surface area contributed by atoms with Crippen molar-refractivity contribution in [3.8, 4) is 11.3 Å². The average Bonchev–Trinajstić information content (AvgIpc) is 3.11. The maximum Gasteiger partial charge on any atom is 0.259 e. The van der Waals surface area contributed by atoms with E-state index in [1.54, 1.807) is 24.3 Å². The topological polar surface area (TPSA) is 66.6 Å². The van der Waals surface area contributed by atoms with Gasteiger partial charge in [0.1, 0.15) is 23.2 Å². The van der Waals surface area contributed by atoms with Crippen molar-refractivity contribution in [3.05, 3.63) is 78.1 Å². The number of halogens is 2. The van der Waals surface area contributed by atoms with E-state index in [2.05, 4.69) is 15.8 Å². The molecule has 0 saturated carbocycles. The summed E-state index contributed by atoms with van der Waals surface area (Å²) in [5.41, 5.74) is 3.71. The number of hydrogen-bond acceptors (Lipinski definition) is 4. The zero-order chi connectivity index (χ0) is 18.4. The second kappa shape index (κ2) is 8.06. The smallest absolute Gasteiger partial charge is 0.259 e. The summed E-state index contributed by atoms with van der Waals surface area (Å²) in [4.78, 5) is 11.7. The molecule has 1 heterocycles. The molecule has 0 aliphatic heterocycles. The molecular formula is C19H15F2N3O2. The summed E-state index contributed by atoms with van der Waals surface area (Å²) in [6.07, 6.45) is 1.36. The number of hydrazone groups is 1. The minimum absolute atomic E-state index is 0.0119. The van der Waals surface area contributed by atoms with E-state index in [1.165, 1.54) is 42.6 Å². The minimum Gasteiger partial charge on any atom is -0.455 e. The van der Waals surface area contributed by atoms with Crippen molar-refractivity contribution in [2.75, 3.05) is 11.9 Å². The molecule has 1 aromatic heterocycles. The summed E-state index contributed by atoms with van der Waals surface area (Å²) in [5.74, 6) is -0.0233. The van der Waals surface area contributed by atoms with Gasteiger partial charge >= 0.3 is 0 Å². The normalized spacial score (nSPS) is 10.8. The number of carbonyl (C=O) groups is 1. The fourth-order valence-electron chi connectivity index (χ4n) is 2.15. The first-order valence-corrected chi connectivity index (χ1v) is 7.77. The monoisotopic (exact) mass is 355 g/mol. The molecule has 0 atom stereocenters. The third kappa shape index (κ3) is 4.76. The Balaban J connectivity index is 1.49. The largest absolute Gasteiger partial charge is 0.455 e. The summed E-state index contributed by atoms with van der Waals surface area (Å²) in [7, 11) is 0. The molecule has 3 rings (SSSR count). The van der Waals surface area contributed by atoms with Gasteiger partial charge in [0.15, 0.2) is 0 Å². The van der Waals surface area contributed by atoms with Crippen LogP contribution < -0.4 is 10.7 Å². The average molecular weight is 355 g/mol. The van der Waals surface area contributed by atoms with Crippen LogP contribution in [0, 0.1) is 11.6 Å². The van der Waals surface area contributed by atoms with Gasteiger partial charge in [-0.3, -0.25) is 4.79 Å². The van der Waals surface area contributed by atoms with E-state index in [9.17, 15) is 13.6 Å². The van der Waals surface area contributed by atoms with Crippen molar-refractivity contribution in [1.82, 2.24) is 5.43 Å². The van der Waals surface area contributed by atoms with Crippen LogP contribution in [0.4, 0.5) is 14.5 Å². The molecule has 0 spiro atoms. The fourth-order valence-corrected chi connectivity index (χ4v) is 2.15. The Morgan fingerprint density at radius 2 is 1.62 bits per heavy atom. The third-order valence-corrected chi connectivity index (χ3v) is 3.43. The van der Waals surface area contributed by atoms with Crippen LogP contribution in [0.1, 0.15) is 5.76 Å². The number of nitrogens with zero attached hydrogens (tertiary/aromatic N) is 1. The maximum absolute atomic E-state index is 12.9. The van der Waals surface area contributed by atoms with E-state index in [4.69, 9.17) is 4.42 Å². The minimum atomic E-state index is -0.365. The van der Waals surface area contributed by atoms with E-state index in [-0.39, 0.29) is 24.1 Å². The highest BCUT2D eigenvalue weighted by molar-refractivity contribution is 5.83. The highest BCUT2D eigenvalue weighted by Crippen LogP contribution is 2.21. The van der Waals surface area contributed by atoms with Crippen molar-refractivity contribution in [2.45, 2.75) is 0 Å². The number of carbonyl (C=O) groups excluding carboxylic acids is 1. The van der Waals surface area contributed by atoms with E-state index < -0.39 is 0 Å². The molecule has 0 radical (unpaired) electrons. The lowest BCUT2D eigenvalue weighted by Gasteiger charge is -2.04. The fraction of sp³-hybridized carbons (Fsp3) is 0.0526. The summed E-state index contributed by atoms with van der Waals surface area (Å²) in [6, 6.07) is 15.0. The highest BCUT2D eigenvalue weighted by atomic mass is 19.1. The molecule has 0 saturated heterocycles. The molecule has 7 heteroatoms. The summed E-state index contributed by atoms with van der Waals surface area (Å²) >= 11 is 0. The number of anilines is 1. The quantitative estimate of drug-likeness (QED) is 0.522. The Hall–Kier alpha value is -3.48. The molecule has 5 nitrogen and oxygen atoms in total. The van der Waals surface area contributed by atoms with Crippen LogP contribution in [0.5, 0.6) is 0 Å². The molecule has 0 aliphatic carbocycles. The van der Waals surface area contributed by atoms with Crippen molar-refractivity contribution in [2.24, 2.45) is 5.10 Å². The molecule has 1 amide bonds. The molecule has 26 heavy (non-hydrogen) atoms. The second-order valence-electron chi connectivity index (χ2n) is 5.36. The van der Waals surface area contributed by atoms with Gasteiger partial charge in [-0.2, -0.15) is 5.10 Å². The second-order valence-corrected chi connectivity index (χ2v) is 5.36. The summed E-state index contributed by atoms with van der Waals surface area (Å²) in [5, 5.41) is 6.65. The Labute approximate surface area is 148 Å². The van der Waals surface area contributed by atoms with Crippen LogP contribution in [0.2, 0.25) is 0 Å². The summed E-state index contributed by atoms with van der Waals surface area (Å²) < 4.78 is 31.3. The van der Waals surface area contributed by atoms with Crippen LogP contribution in [-0.4, -0.2) is 18.7 Å². The molecule has 132 valence electrons. The lowest BCUT2D eigenvalue weighted by atomic mass is 10.2. The number of nitrogens with one attached hydrogen (secondary N) is 2. The molecule has 2 aromatic carbocycles. The van der Waals surface area contributed by atoms with E-state index in [0.717, 1.165) is 5.56 Å². The van der Waals surface area contributed by atoms with Gasteiger partial charge in [0.2, 0.25) is 0 Å². The van der Waals surface area contributed by atoms with Crippen LogP contribution in [-0.2, 0) is 4.79 Å². The Bertz CT molecular complexity index is 903. The molecule has 3 aromatic rings. The summed E-state index contributed by atoms with van der Waals surface area (Å²) in [6.45, 7) is -0.0119. The first-order valence-electron chi connectivity index (χ1n) is 7.77. The number of furan rings is 1. The van der Waals surface area contributed by atoms with Gasteiger partial charge in [0, 0.05) is 11.3 Å². The van der Waals surface area contributed by atoms with Crippen LogP contribution in [0.3, 0.4) is 0 Å². The molecule has 0 fully saturated rings. The number of hydrogen-bond donors (Lipinski definition) is 2. The first kappa shape index (κ1) is 17.3. The van der Waals surface area contributed by atoms with Crippen LogP contribution in [0.15, 0.2) is 70.2 Å². The van der Waals surface area contributed by atoms with Crippen LogP contribution in [0.25, 0.3) is 11.3 Å². The Kier molecular flexibility index (Phi) is 5.38. The van der Waals surface area contributed by atoms with Crippen molar-refractivity contribution >= 4 is 17.8 Å². The lowest BCUT2D eigenvalue weighted by molar-refractivity contribution is -0.119. The number of benzene rings is 2. The number of rotatable bonds is 6. The van der Waals surface area contributed by atoms with Crippen molar-refractivity contribution in [3.63, 3.8) is 0 Å². The van der Waals surface area contributed by atoms with E-state index >= 15 is 0 Å². The standard InChI is InChI=1S/C19H15F2N3O2/c20-14-3-1-13(2-4-14)18-10-9-17(26-18)11-23-24-19(25)12-22-16-7-5-15(21)6-8-16/h1-11,22H,12H2,(H,24,25)/b23-11-. The molecular weight excluding hydrogens is 340 g/mol. The van der Waals surface area contributed by atoms with Crippen molar-refractivity contribution < 1.29 is 18.0 Å². The van der Waals surface area contributed by atoms with Gasteiger partial charge < -0.3 is 9.73 Å². The Morgan fingerprint density at radius 3 is 2.31 bits per heavy atom. The van der Waals surface area contributed by atoms with Gasteiger partial charge in [-0.25, -0.2) is 14.2 Å². The molecule has 0 aliphatic rings. The van der Waals surface area contributed by atoms with Gasteiger partial charge in [-0.1, -0.05) is 0 Å². The zero-order valence-electron chi connectivity index (χ0n) is 13.6. The Morgan fingerprint density at radius 1 is 0.962 bits per heavy atom. The predicted octanol–water partition coefficient (Wildman–Crippen LogP) is 3.79. The maximum atomic E-state index is 12.9. The van der Waals surface area contributed by atoms with Gasteiger partial charge in [0.05, 0.1) is 12.8 Å². The lowest BCUT2D eigenvalue weighted by Crippen LogP contribution is -2.25. The van der Waals surface area contributed by atoms with Crippen molar-refractivity contribution in [1.29, 1.82) is 0 Å².